The molecule has 1 aliphatic carbocycles. The number of benzene rings is 2. The molecule has 2 unspecified atom stereocenters. The third kappa shape index (κ3) is 2.78. The number of hydrogen-bond donors (Lipinski definition) is 1. The maximum Gasteiger partial charge on any atom is 0.320 e. The molecule has 0 bridgehead atoms. The van der Waals surface area contributed by atoms with Crippen molar-refractivity contribution >= 4 is 11.8 Å². The molecule has 0 radical (unpaired) electrons. The lowest BCUT2D eigenvalue weighted by molar-refractivity contribution is -0.148. The Balaban J connectivity index is 1.60. The van der Waals surface area contributed by atoms with Crippen molar-refractivity contribution in [3.63, 3.8) is 0 Å². The first-order chi connectivity index (χ1) is 11.1. The smallest absolute Gasteiger partial charge is 0.320 e. The van der Waals surface area contributed by atoms with E-state index < -0.39 is 17.3 Å². The Morgan fingerprint density at radius 1 is 1.09 bits per heavy atom. The van der Waals surface area contributed by atoms with Crippen LogP contribution in [0.4, 0.5) is 0 Å². The Morgan fingerprint density at radius 3 is 2.17 bits per heavy atom. The van der Waals surface area contributed by atoms with Crippen LogP contribution in [0.2, 0.25) is 0 Å². The van der Waals surface area contributed by atoms with E-state index in [0.717, 1.165) is 16.7 Å². The normalized spacial score (nSPS) is 22.8. The molecule has 1 saturated carbocycles. The summed E-state index contributed by atoms with van der Waals surface area (Å²) in [7, 11) is 0. The van der Waals surface area contributed by atoms with Gasteiger partial charge in [-0.3, -0.25) is 9.59 Å². The summed E-state index contributed by atoms with van der Waals surface area (Å²) in [5.41, 5.74) is 1.87. The third-order valence-electron chi connectivity index (χ3n) is 4.53. The van der Waals surface area contributed by atoms with Gasteiger partial charge in [0, 0.05) is 5.92 Å². The van der Waals surface area contributed by atoms with E-state index in [1.54, 1.807) is 6.92 Å². The summed E-state index contributed by atoms with van der Waals surface area (Å²) in [5, 5.41) is 9.20. The van der Waals surface area contributed by atoms with E-state index in [9.17, 15) is 14.7 Å². The van der Waals surface area contributed by atoms with E-state index in [4.69, 9.17) is 4.74 Å². The zero-order valence-electron chi connectivity index (χ0n) is 12.9. The zero-order chi connectivity index (χ0) is 16.4. The average molecular weight is 310 g/mol. The fraction of sp³-hybridized carbons (Fsp3) is 0.263. The first-order valence-corrected chi connectivity index (χ1v) is 7.55. The van der Waals surface area contributed by atoms with Crippen molar-refractivity contribution in [3.05, 3.63) is 60.2 Å². The molecule has 2 aromatic rings. The lowest BCUT2D eigenvalue weighted by atomic mass is 10.0. The number of Topliss-reactive ketones (excluding diaryl/α,β-unsaturated/α-hetero) is 1. The van der Waals surface area contributed by atoms with Crippen LogP contribution < -0.4 is 0 Å². The van der Waals surface area contributed by atoms with Crippen LogP contribution in [-0.4, -0.2) is 23.5 Å². The fourth-order valence-corrected chi connectivity index (χ4v) is 2.81. The van der Waals surface area contributed by atoms with Crippen molar-refractivity contribution in [1.29, 1.82) is 0 Å². The van der Waals surface area contributed by atoms with E-state index in [1.807, 2.05) is 54.6 Å². The Labute approximate surface area is 134 Å². The highest BCUT2D eigenvalue weighted by Gasteiger charge is 2.68. The molecule has 0 aromatic heterocycles. The number of ether oxygens (including phenoxy) is 1. The van der Waals surface area contributed by atoms with Gasteiger partial charge >= 0.3 is 5.97 Å². The van der Waals surface area contributed by atoms with Crippen LogP contribution in [-0.2, 0) is 20.9 Å². The van der Waals surface area contributed by atoms with E-state index in [-0.39, 0.29) is 12.4 Å². The van der Waals surface area contributed by atoms with E-state index in [1.165, 1.54) is 0 Å². The Morgan fingerprint density at radius 2 is 1.65 bits per heavy atom. The molecule has 0 aliphatic heterocycles. The zero-order valence-corrected chi connectivity index (χ0v) is 12.9. The second kappa shape index (κ2) is 5.97. The maximum absolute atomic E-state index is 11.6. The molecule has 23 heavy (non-hydrogen) atoms. The Kier molecular flexibility index (Phi) is 4.01. The van der Waals surface area contributed by atoms with Gasteiger partial charge in [0.25, 0.3) is 0 Å². The average Bonchev–Trinajstić information content (AvgIpc) is 3.11. The molecular formula is C19H18O4. The van der Waals surface area contributed by atoms with Crippen molar-refractivity contribution in [1.82, 2.24) is 0 Å². The second-order valence-corrected chi connectivity index (χ2v) is 5.92. The molecule has 1 aliphatic rings. The summed E-state index contributed by atoms with van der Waals surface area (Å²) >= 11 is 0. The van der Waals surface area contributed by atoms with Crippen LogP contribution in [0.1, 0.15) is 12.5 Å². The van der Waals surface area contributed by atoms with Crippen LogP contribution in [0.5, 0.6) is 0 Å². The van der Waals surface area contributed by atoms with Crippen molar-refractivity contribution in [2.45, 2.75) is 13.5 Å². The number of hydrogen-bond acceptors (Lipinski definition) is 3. The van der Waals surface area contributed by atoms with Gasteiger partial charge in [0.2, 0.25) is 0 Å². The minimum atomic E-state index is -1.33. The molecule has 4 nitrogen and oxygen atoms in total. The summed E-state index contributed by atoms with van der Waals surface area (Å²) in [4.78, 5) is 22.8. The Bertz CT molecular complexity index is 711. The van der Waals surface area contributed by atoms with Crippen LogP contribution in [0.25, 0.3) is 11.1 Å². The largest absolute Gasteiger partial charge is 0.480 e. The highest BCUT2D eigenvalue weighted by molar-refractivity contribution is 6.19. The lowest BCUT2D eigenvalue weighted by Crippen LogP contribution is -2.25. The van der Waals surface area contributed by atoms with Gasteiger partial charge in [-0.05, 0) is 16.7 Å². The summed E-state index contributed by atoms with van der Waals surface area (Å²) in [5.74, 6) is -1.79. The number of aliphatic carboxylic acids is 1. The molecule has 4 heteroatoms. The van der Waals surface area contributed by atoms with Crippen LogP contribution >= 0.6 is 0 Å². The molecule has 1 fully saturated rings. The molecule has 2 aromatic carbocycles. The summed E-state index contributed by atoms with van der Waals surface area (Å²) in [6, 6.07) is 18.0. The molecule has 0 heterocycles. The van der Waals surface area contributed by atoms with Gasteiger partial charge in [0.1, 0.15) is 0 Å². The first-order valence-electron chi connectivity index (χ1n) is 7.55. The molecular weight excluding hydrogens is 292 g/mol. The van der Waals surface area contributed by atoms with Crippen LogP contribution in [0, 0.1) is 11.3 Å². The van der Waals surface area contributed by atoms with Gasteiger partial charge in [-0.2, -0.15) is 0 Å². The molecule has 118 valence electrons. The number of rotatable bonds is 6. The van der Waals surface area contributed by atoms with Crippen molar-refractivity contribution in [2.75, 3.05) is 6.61 Å². The first kappa shape index (κ1) is 15.4. The summed E-state index contributed by atoms with van der Waals surface area (Å²) in [6.45, 7) is 1.86. The SMILES string of the molecule is CC1C(=O)C1(COCc1ccc(-c2ccccc2)cc1)C(=O)O. The lowest BCUT2D eigenvalue weighted by Gasteiger charge is -2.10. The van der Waals surface area contributed by atoms with Crippen molar-refractivity contribution in [3.8, 4) is 11.1 Å². The monoisotopic (exact) mass is 310 g/mol. The van der Waals surface area contributed by atoms with E-state index >= 15 is 0 Å². The summed E-state index contributed by atoms with van der Waals surface area (Å²) in [6.07, 6.45) is 0. The fourth-order valence-electron chi connectivity index (χ4n) is 2.81. The van der Waals surface area contributed by atoms with Gasteiger partial charge in [-0.15, -0.1) is 0 Å². The van der Waals surface area contributed by atoms with Gasteiger partial charge in [-0.1, -0.05) is 61.5 Å². The Hall–Kier alpha value is -2.46. The summed E-state index contributed by atoms with van der Waals surface area (Å²) < 4.78 is 5.49. The van der Waals surface area contributed by atoms with Crippen LogP contribution in [0.15, 0.2) is 54.6 Å². The molecule has 2 atom stereocenters. The van der Waals surface area contributed by atoms with Crippen LogP contribution in [0.3, 0.4) is 0 Å². The maximum atomic E-state index is 11.6. The second-order valence-electron chi connectivity index (χ2n) is 5.92. The number of carbonyl (C=O) groups excluding carboxylic acids is 1. The van der Waals surface area contributed by atoms with E-state index in [0.29, 0.717) is 6.61 Å². The number of ketones is 1. The molecule has 1 N–H and O–H groups in total. The van der Waals surface area contributed by atoms with Gasteiger partial charge in [-0.25, -0.2) is 0 Å². The number of carboxylic acid groups (broad SMARTS) is 1. The topological polar surface area (TPSA) is 63.6 Å². The van der Waals surface area contributed by atoms with Gasteiger partial charge in [0.05, 0.1) is 13.2 Å². The molecule has 0 spiro atoms. The molecule has 0 amide bonds. The number of carboxylic acids is 1. The van der Waals surface area contributed by atoms with Gasteiger partial charge in [0.15, 0.2) is 11.2 Å². The third-order valence-corrected chi connectivity index (χ3v) is 4.53. The predicted molar refractivity (Wildman–Crippen MR) is 85.8 cm³/mol. The highest BCUT2D eigenvalue weighted by Crippen LogP contribution is 2.48. The van der Waals surface area contributed by atoms with E-state index in [2.05, 4.69) is 0 Å². The van der Waals surface area contributed by atoms with Crippen molar-refractivity contribution in [2.24, 2.45) is 11.3 Å². The minimum absolute atomic E-state index is 0.0667. The highest BCUT2D eigenvalue weighted by atomic mass is 16.5. The number of carbonyl (C=O) groups is 2. The quantitative estimate of drug-likeness (QED) is 0.832. The standard InChI is InChI=1S/C19H18O4/c1-13-17(20)19(13,18(21)22)12-23-11-14-7-9-16(10-8-14)15-5-3-2-4-6-15/h2-10,13H,11-12H2,1H3,(H,21,22). The predicted octanol–water partition coefficient (Wildman–Crippen LogP) is 3.16. The minimum Gasteiger partial charge on any atom is -0.480 e. The van der Waals surface area contributed by atoms with Gasteiger partial charge < -0.3 is 9.84 Å². The molecule has 0 saturated heterocycles. The van der Waals surface area contributed by atoms with Crippen molar-refractivity contribution < 1.29 is 19.4 Å². The molecule has 3 rings (SSSR count).